The first-order chi connectivity index (χ1) is 9.95. The van der Waals surface area contributed by atoms with Crippen LogP contribution in [0.3, 0.4) is 0 Å². The van der Waals surface area contributed by atoms with Gasteiger partial charge in [0.2, 0.25) is 0 Å². The van der Waals surface area contributed by atoms with Crippen molar-refractivity contribution in [2.75, 3.05) is 23.0 Å². The van der Waals surface area contributed by atoms with Crippen LogP contribution in [0.5, 0.6) is 0 Å². The summed E-state index contributed by atoms with van der Waals surface area (Å²) in [4.78, 5) is 2.75. The van der Waals surface area contributed by atoms with Crippen molar-refractivity contribution in [3.63, 3.8) is 0 Å². The minimum Gasteiger partial charge on any atom is -0.125 e. The second-order valence-corrected chi connectivity index (χ2v) is 9.01. The maximum Gasteiger partial charge on any atom is 0.0131 e. The number of rotatable bonds is 9. The lowest BCUT2D eigenvalue weighted by Gasteiger charge is -2.02. The molecule has 2 rings (SSSR count). The van der Waals surface area contributed by atoms with Gasteiger partial charge in [-0.3, -0.25) is 0 Å². The van der Waals surface area contributed by atoms with E-state index < -0.39 is 0 Å². The molecule has 0 nitrogen and oxygen atoms in total. The van der Waals surface area contributed by atoms with E-state index in [4.69, 9.17) is 0 Å². The lowest BCUT2D eigenvalue weighted by molar-refractivity contribution is 1.44. The lowest BCUT2D eigenvalue weighted by Crippen LogP contribution is -1.85. The highest BCUT2D eigenvalue weighted by Crippen LogP contribution is 2.27. The second-order valence-electron chi connectivity index (χ2n) is 3.97. The summed E-state index contributed by atoms with van der Waals surface area (Å²) in [7, 11) is 3.98. The van der Waals surface area contributed by atoms with E-state index in [1.807, 2.05) is 45.1 Å². The Kier molecular flexibility index (Phi) is 8.55. The van der Waals surface area contributed by atoms with E-state index in [9.17, 15) is 0 Å². The Bertz CT molecular complexity index is 413. The van der Waals surface area contributed by atoms with Crippen LogP contribution in [0.1, 0.15) is 0 Å². The van der Waals surface area contributed by atoms with Gasteiger partial charge in [-0.05, 0) is 24.3 Å². The van der Waals surface area contributed by atoms with Crippen LogP contribution in [0.25, 0.3) is 0 Å². The van der Waals surface area contributed by atoms with Gasteiger partial charge in [0.15, 0.2) is 0 Å². The molecular formula is C16H18S4. The van der Waals surface area contributed by atoms with Crippen LogP contribution in [0.2, 0.25) is 0 Å². The predicted octanol–water partition coefficient (Wildman–Crippen LogP) is 5.95. The van der Waals surface area contributed by atoms with E-state index in [0.717, 1.165) is 0 Å². The summed E-state index contributed by atoms with van der Waals surface area (Å²) in [5.74, 6) is 4.79. The fourth-order valence-electron chi connectivity index (χ4n) is 1.54. The molecule has 0 atom stereocenters. The number of hydrogen-bond acceptors (Lipinski definition) is 4. The van der Waals surface area contributed by atoms with Crippen molar-refractivity contribution in [3.05, 3.63) is 60.7 Å². The van der Waals surface area contributed by atoms with Crippen molar-refractivity contribution < 1.29 is 0 Å². The minimum absolute atomic E-state index is 1.19. The van der Waals surface area contributed by atoms with E-state index in [1.165, 1.54) is 32.8 Å². The monoisotopic (exact) mass is 338 g/mol. The highest BCUT2D eigenvalue weighted by molar-refractivity contribution is 8.76. The van der Waals surface area contributed by atoms with Gasteiger partial charge in [-0.25, -0.2) is 0 Å². The quantitative estimate of drug-likeness (QED) is 0.314. The third-order valence-corrected chi connectivity index (χ3v) is 7.39. The molecule has 106 valence electrons. The first-order valence-corrected chi connectivity index (χ1v) is 11.0. The van der Waals surface area contributed by atoms with Crippen molar-refractivity contribution in [3.8, 4) is 0 Å². The summed E-state index contributed by atoms with van der Waals surface area (Å²) in [5, 5.41) is 0. The molecule has 0 heterocycles. The predicted molar refractivity (Wildman–Crippen MR) is 99.2 cm³/mol. The van der Waals surface area contributed by atoms with Crippen LogP contribution in [0.4, 0.5) is 0 Å². The van der Waals surface area contributed by atoms with E-state index >= 15 is 0 Å². The lowest BCUT2D eigenvalue weighted by atomic mass is 10.4. The summed E-state index contributed by atoms with van der Waals surface area (Å²) in [6.45, 7) is 0. The van der Waals surface area contributed by atoms with Crippen LogP contribution in [-0.4, -0.2) is 23.0 Å². The molecule has 0 saturated heterocycles. The van der Waals surface area contributed by atoms with Gasteiger partial charge in [0.1, 0.15) is 0 Å². The zero-order valence-corrected chi connectivity index (χ0v) is 14.5. The van der Waals surface area contributed by atoms with Gasteiger partial charge in [0, 0.05) is 32.8 Å². The molecule has 0 spiro atoms. The van der Waals surface area contributed by atoms with Crippen LogP contribution in [-0.2, 0) is 0 Å². The van der Waals surface area contributed by atoms with Gasteiger partial charge < -0.3 is 0 Å². The van der Waals surface area contributed by atoms with Gasteiger partial charge in [-0.1, -0.05) is 58.0 Å². The Hall–Kier alpha value is -0.160. The van der Waals surface area contributed by atoms with Crippen molar-refractivity contribution in [2.24, 2.45) is 0 Å². The number of thioether (sulfide) groups is 2. The molecule has 4 heteroatoms. The zero-order chi connectivity index (χ0) is 13.9. The van der Waals surface area contributed by atoms with Crippen LogP contribution < -0.4 is 0 Å². The molecule has 0 amide bonds. The highest BCUT2D eigenvalue weighted by atomic mass is 33.1. The first kappa shape index (κ1) is 16.2. The Morgan fingerprint density at radius 2 is 0.900 bits per heavy atom. The molecule has 0 unspecified atom stereocenters. The average molecular weight is 339 g/mol. The third-order valence-electron chi connectivity index (χ3n) is 2.44. The maximum absolute atomic E-state index is 2.18. The topological polar surface area (TPSA) is 0 Å². The summed E-state index contributed by atoms with van der Waals surface area (Å²) < 4.78 is 0. The fourth-order valence-corrected chi connectivity index (χ4v) is 6.09. The summed E-state index contributed by atoms with van der Waals surface area (Å²) in [5.41, 5.74) is 0. The minimum atomic E-state index is 1.19. The summed E-state index contributed by atoms with van der Waals surface area (Å²) in [6, 6.07) is 21.3. The molecule has 0 fully saturated rings. The number of benzene rings is 2. The Morgan fingerprint density at radius 3 is 1.30 bits per heavy atom. The SMILES string of the molecule is c1ccc(SCCSSCCSc2ccccc2)cc1. The molecule has 2 aromatic carbocycles. The molecule has 0 saturated carbocycles. The van der Waals surface area contributed by atoms with Gasteiger partial charge in [-0.2, -0.15) is 0 Å². The van der Waals surface area contributed by atoms with E-state index in [1.54, 1.807) is 0 Å². The van der Waals surface area contributed by atoms with Crippen LogP contribution in [0.15, 0.2) is 70.5 Å². The third kappa shape index (κ3) is 7.02. The largest absolute Gasteiger partial charge is 0.125 e. The molecule has 2 aromatic rings. The molecule has 0 radical (unpaired) electrons. The molecule has 0 aliphatic carbocycles. The van der Waals surface area contributed by atoms with Gasteiger partial charge in [0.25, 0.3) is 0 Å². The van der Waals surface area contributed by atoms with E-state index in [-0.39, 0.29) is 0 Å². The van der Waals surface area contributed by atoms with Crippen molar-refractivity contribution >= 4 is 45.1 Å². The first-order valence-electron chi connectivity index (χ1n) is 6.55. The molecule has 0 bridgehead atoms. The van der Waals surface area contributed by atoms with Crippen LogP contribution >= 0.6 is 45.1 Å². The molecular weight excluding hydrogens is 320 g/mol. The molecule has 0 N–H and O–H groups in total. The van der Waals surface area contributed by atoms with E-state index in [2.05, 4.69) is 60.7 Å². The maximum atomic E-state index is 2.18. The fraction of sp³-hybridized carbons (Fsp3) is 0.250. The molecule has 0 aliphatic heterocycles. The van der Waals surface area contributed by atoms with Crippen molar-refractivity contribution in [1.82, 2.24) is 0 Å². The molecule has 20 heavy (non-hydrogen) atoms. The van der Waals surface area contributed by atoms with Crippen molar-refractivity contribution in [2.45, 2.75) is 9.79 Å². The van der Waals surface area contributed by atoms with Gasteiger partial charge >= 0.3 is 0 Å². The zero-order valence-electron chi connectivity index (χ0n) is 11.2. The summed E-state index contributed by atoms with van der Waals surface area (Å²) >= 11 is 3.88. The molecule has 0 aliphatic rings. The Morgan fingerprint density at radius 1 is 0.500 bits per heavy atom. The van der Waals surface area contributed by atoms with Crippen molar-refractivity contribution in [1.29, 1.82) is 0 Å². The Balaban J connectivity index is 1.44. The van der Waals surface area contributed by atoms with Gasteiger partial charge in [-0.15, -0.1) is 23.5 Å². The van der Waals surface area contributed by atoms with Crippen LogP contribution in [0, 0.1) is 0 Å². The Labute approximate surface area is 138 Å². The van der Waals surface area contributed by atoms with Gasteiger partial charge in [0.05, 0.1) is 0 Å². The standard InChI is InChI=1S/C16H18S4/c1-3-7-15(8-4-1)17-11-13-19-20-14-12-18-16-9-5-2-6-10-16/h1-10H,11-14H2. The second kappa shape index (κ2) is 10.6. The smallest absolute Gasteiger partial charge is 0.0131 e. The van der Waals surface area contributed by atoms with E-state index in [0.29, 0.717) is 0 Å². The highest BCUT2D eigenvalue weighted by Gasteiger charge is 1.96. The normalized spacial score (nSPS) is 10.6. The summed E-state index contributed by atoms with van der Waals surface area (Å²) in [6.07, 6.45) is 0. The molecule has 0 aromatic heterocycles. The number of hydrogen-bond donors (Lipinski definition) is 0. The average Bonchev–Trinajstić information content (AvgIpc) is 2.52.